The molecule has 0 aliphatic carbocycles. The van der Waals surface area contributed by atoms with Crippen LogP contribution in [0.2, 0.25) is 0 Å². The molecule has 0 fully saturated rings. The molecule has 0 amide bonds. The van der Waals surface area contributed by atoms with Crippen LogP contribution in [0.25, 0.3) is 0 Å². The molecule has 0 unspecified atom stereocenters. The summed E-state index contributed by atoms with van der Waals surface area (Å²) in [4.78, 5) is 3.93. The average Bonchev–Trinajstić information content (AvgIpc) is 2.41. The first-order valence-corrected chi connectivity index (χ1v) is 6.24. The third kappa shape index (κ3) is 3.11. The number of hydrogen-bond donors (Lipinski definition) is 0. The van der Waals surface area contributed by atoms with Crippen molar-refractivity contribution in [2.24, 2.45) is 0 Å². The normalized spacial score (nSPS) is 10.3. The van der Waals surface area contributed by atoms with Gasteiger partial charge in [-0.2, -0.15) is 5.26 Å². The van der Waals surface area contributed by atoms with Gasteiger partial charge >= 0.3 is 0 Å². The molecule has 0 saturated heterocycles. The predicted octanol–water partition coefficient (Wildman–Crippen LogP) is 4.18. The smallest absolute Gasteiger partial charge is 0.144 e. The lowest BCUT2D eigenvalue weighted by Gasteiger charge is -2.12. The Morgan fingerprint density at radius 3 is 2.68 bits per heavy atom. The van der Waals surface area contributed by atoms with Gasteiger partial charge in [0.2, 0.25) is 0 Å². The zero-order chi connectivity index (χ0) is 13.8. The van der Waals surface area contributed by atoms with Crippen LogP contribution in [0.5, 0.6) is 11.5 Å². The molecule has 0 aliphatic rings. The Kier molecular flexibility index (Phi) is 3.82. The van der Waals surface area contributed by atoms with Crippen molar-refractivity contribution in [1.29, 1.82) is 5.26 Å². The van der Waals surface area contributed by atoms with Gasteiger partial charge in [0.25, 0.3) is 0 Å². The maximum atomic E-state index is 8.83. The third-order valence-corrected chi connectivity index (χ3v) is 2.95. The molecule has 0 saturated carbocycles. The van der Waals surface area contributed by atoms with E-state index >= 15 is 0 Å². The molecule has 0 N–H and O–H groups in total. The summed E-state index contributed by atoms with van der Waals surface area (Å²) >= 11 is 0. The largest absolute Gasteiger partial charge is 0.457 e. The molecular formula is C16H16N2O. The van der Waals surface area contributed by atoms with E-state index in [0.29, 0.717) is 17.4 Å². The Morgan fingerprint density at radius 1 is 1.21 bits per heavy atom. The van der Waals surface area contributed by atoms with E-state index in [1.807, 2.05) is 19.1 Å². The Bertz CT molecular complexity index is 627. The summed E-state index contributed by atoms with van der Waals surface area (Å²) in [7, 11) is 0. The zero-order valence-electron chi connectivity index (χ0n) is 11.3. The standard InChI is InChI=1S/C16H16N2O/c1-11(2)13-5-4-12(3)16(8-13)19-15-6-7-18-14(9-15)10-17/h4-9,11H,1-3H3. The second-order valence-corrected chi connectivity index (χ2v) is 4.77. The number of aromatic nitrogens is 1. The molecule has 0 bridgehead atoms. The van der Waals surface area contributed by atoms with Crippen molar-refractivity contribution in [3.8, 4) is 17.6 Å². The number of aryl methyl sites for hydroxylation is 1. The van der Waals surface area contributed by atoms with E-state index in [1.54, 1.807) is 18.3 Å². The van der Waals surface area contributed by atoms with Crippen LogP contribution >= 0.6 is 0 Å². The van der Waals surface area contributed by atoms with Gasteiger partial charge in [-0.3, -0.25) is 0 Å². The number of nitriles is 1. The van der Waals surface area contributed by atoms with Crippen LogP contribution in [0, 0.1) is 18.3 Å². The SMILES string of the molecule is Cc1ccc(C(C)C)cc1Oc1ccnc(C#N)c1. The number of nitrogens with zero attached hydrogens (tertiary/aromatic N) is 2. The van der Waals surface area contributed by atoms with Gasteiger partial charge in [0.15, 0.2) is 0 Å². The second-order valence-electron chi connectivity index (χ2n) is 4.77. The van der Waals surface area contributed by atoms with Crippen molar-refractivity contribution in [3.05, 3.63) is 53.3 Å². The highest BCUT2D eigenvalue weighted by Crippen LogP contribution is 2.28. The first-order chi connectivity index (χ1) is 9.10. The summed E-state index contributed by atoms with van der Waals surface area (Å²) in [6.45, 7) is 6.30. The van der Waals surface area contributed by atoms with Gasteiger partial charge in [0.05, 0.1) is 0 Å². The highest BCUT2D eigenvalue weighted by molar-refractivity contribution is 5.41. The molecule has 3 nitrogen and oxygen atoms in total. The van der Waals surface area contributed by atoms with Crippen molar-refractivity contribution < 1.29 is 4.74 Å². The van der Waals surface area contributed by atoms with Crippen molar-refractivity contribution in [1.82, 2.24) is 4.98 Å². The fraction of sp³-hybridized carbons (Fsp3) is 0.250. The monoisotopic (exact) mass is 252 g/mol. The van der Waals surface area contributed by atoms with E-state index in [4.69, 9.17) is 10.00 Å². The van der Waals surface area contributed by atoms with E-state index in [0.717, 1.165) is 11.3 Å². The van der Waals surface area contributed by atoms with E-state index in [-0.39, 0.29) is 0 Å². The second kappa shape index (κ2) is 5.53. The van der Waals surface area contributed by atoms with Crippen LogP contribution in [0.3, 0.4) is 0 Å². The number of ether oxygens (including phenoxy) is 1. The van der Waals surface area contributed by atoms with E-state index in [2.05, 4.69) is 31.0 Å². The lowest BCUT2D eigenvalue weighted by molar-refractivity contribution is 0.477. The number of benzene rings is 1. The summed E-state index contributed by atoms with van der Waals surface area (Å²) in [6, 6.07) is 11.6. The summed E-state index contributed by atoms with van der Waals surface area (Å²) in [6.07, 6.45) is 1.58. The van der Waals surface area contributed by atoms with Crippen LogP contribution in [0.4, 0.5) is 0 Å². The minimum atomic E-state index is 0.357. The van der Waals surface area contributed by atoms with Gasteiger partial charge < -0.3 is 4.74 Å². The molecule has 19 heavy (non-hydrogen) atoms. The molecule has 1 heterocycles. The average molecular weight is 252 g/mol. The maximum Gasteiger partial charge on any atom is 0.144 e. The lowest BCUT2D eigenvalue weighted by Crippen LogP contribution is -1.93. The molecular weight excluding hydrogens is 236 g/mol. The Morgan fingerprint density at radius 2 is 2.00 bits per heavy atom. The van der Waals surface area contributed by atoms with Crippen LogP contribution in [0.1, 0.15) is 36.6 Å². The lowest BCUT2D eigenvalue weighted by atomic mass is 10.0. The molecule has 0 spiro atoms. The molecule has 2 aromatic rings. The molecule has 96 valence electrons. The molecule has 1 aromatic heterocycles. The molecule has 1 aromatic carbocycles. The topological polar surface area (TPSA) is 45.9 Å². The van der Waals surface area contributed by atoms with Crippen molar-refractivity contribution >= 4 is 0 Å². The molecule has 2 rings (SSSR count). The summed E-state index contributed by atoms with van der Waals surface area (Å²) in [5, 5.41) is 8.83. The highest BCUT2D eigenvalue weighted by Gasteiger charge is 2.06. The first-order valence-electron chi connectivity index (χ1n) is 6.24. The minimum Gasteiger partial charge on any atom is -0.457 e. The van der Waals surface area contributed by atoms with E-state index < -0.39 is 0 Å². The number of hydrogen-bond acceptors (Lipinski definition) is 3. The molecule has 3 heteroatoms. The Balaban J connectivity index is 2.32. The van der Waals surface area contributed by atoms with E-state index in [9.17, 15) is 0 Å². The number of pyridine rings is 1. The fourth-order valence-corrected chi connectivity index (χ4v) is 1.75. The van der Waals surface area contributed by atoms with Crippen LogP contribution in [0.15, 0.2) is 36.5 Å². The Labute approximate surface area is 113 Å². The van der Waals surface area contributed by atoms with Gasteiger partial charge in [0.1, 0.15) is 23.3 Å². The first kappa shape index (κ1) is 13.1. The molecule has 0 aliphatic heterocycles. The van der Waals surface area contributed by atoms with Crippen LogP contribution in [-0.4, -0.2) is 4.98 Å². The molecule has 0 atom stereocenters. The minimum absolute atomic E-state index is 0.357. The maximum absolute atomic E-state index is 8.83. The van der Waals surface area contributed by atoms with Crippen molar-refractivity contribution in [2.75, 3.05) is 0 Å². The summed E-state index contributed by atoms with van der Waals surface area (Å²) in [5.74, 6) is 1.91. The van der Waals surface area contributed by atoms with Gasteiger partial charge in [-0.05, 0) is 36.1 Å². The third-order valence-electron chi connectivity index (χ3n) is 2.95. The number of rotatable bonds is 3. The zero-order valence-corrected chi connectivity index (χ0v) is 11.3. The van der Waals surface area contributed by atoms with Gasteiger partial charge in [-0.25, -0.2) is 4.98 Å². The van der Waals surface area contributed by atoms with Gasteiger partial charge in [-0.1, -0.05) is 26.0 Å². The fourth-order valence-electron chi connectivity index (χ4n) is 1.75. The Hall–Kier alpha value is -2.34. The van der Waals surface area contributed by atoms with Crippen molar-refractivity contribution in [2.45, 2.75) is 26.7 Å². The van der Waals surface area contributed by atoms with Crippen LogP contribution < -0.4 is 4.74 Å². The quantitative estimate of drug-likeness (QED) is 0.823. The molecule has 0 radical (unpaired) electrons. The van der Waals surface area contributed by atoms with Gasteiger partial charge in [0, 0.05) is 12.3 Å². The van der Waals surface area contributed by atoms with Crippen LogP contribution in [-0.2, 0) is 0 Å². The summed E-state index contributed by atoms with van der Waals surface area (Å²) in [5.41, 5.74) is 2.66. The summed E-state index contributed by atoms with van der Waals surface area (Å²) < 4.78 is 5.85. The van der Waals surface area contributed by atoms with Crippen molar-refractivity contribution in [3.63, 3.8) is 0 Å². The highest BCUT2D eigenvalue weighted by atomic mass is 16.5. The van der Waals surface area contributed by atoms with Gasteiger partial charge in [-0.15, -0.1) is 0 Å². The van der Waals surface area contributed by atoms with E-state index in [1.165, 1.54) is 5.56 Å². The predicted molar refractivity (Wildman–Crippen MR) is 74.3 cm³/mol.